The lowest BCUT2D eigenvalue weighted by atomic mass is 10.1. The van der Waals surface area contributed by atoms with Crippen LogP contribution in [0.25, 0.3) is 0 Å². The van der Waals surface area contributed by atoms with Gasteiger partial charge in [0.2, 0.25) is 0 Å². The van der Waals surface area contributed by atoms with Crippen LogP contribution in [-0.4, -0.2) is 24.2 Å². The normalized spacial score (nSPS) is 14.8. The highest BCUT2D eigenvalue weighted by atomic mass is 35.6. The van der Waals surface area contributed by atoms with Crippen LogP contribution in [0.3, 0.4) is 0 Å². The molecule has 0 aromatic heterocycles. The number of hydrogen-bond donors (Lipinski definition) is 0. The van der Waals surface area contributed by atoms with Gasteiger partial charge in [0.05, 0.1) is 10.5 Å². The Morgan fingerprint density at radius 3 is 2.37 bits per heavy atom. The highest BCUT2D eigenvalue weighted by Gasteiger charge is 2.44. The fraction of sp³-hybridized carbons (Fsp3) is 0.111. The molecule has 1 aliphatic rings. The number of nitro benzene ring substituents is 1. The second-order valence-corrected chi connectivity index (χ2v) is 7.51. The quantitative estimate of drug-likeness (QED) is 0.271. The second kappa shape index (κ2) is 4.82. The van der Waals surface area contributed by atoms with Gasteiger partial charge in [-0.15, -0.1) is 0 Å². The Morgan fingerprint density at radius 1 is 1.21 bits per heavy atom. The maximum absolute atomic E-state index is 12.0. The van der Waals surface area contributed by atoms with Crippen LogP contribution >= 0.6 is 46.8 Å². The van der Waals surface area contributed by atoms with E-state index in [1.54, 1.807) is 0 Å². The summed E-state index contributed by atoms with van der Waals surface area (Å²) in [5.74, 6) is -1.62. The minimum absolute atomic E-state index is 0.0825. The molecule has 2 rings (SSSR count). The molecule has 1 heterocycles. The number of rotatable bonds is 2. The number of alkyl halides is 3. The number of imide groups is 1. The Kier molecular flexibility index (Phi) is 3.65. The van der Waals surface area contributed by atoms with E-state index in [1.807, 2.05) is 0 Å². The topological polar surface area (TPSA) is 80.5 Å². The molecular weight excluding hydrogens is 339 g/mol. The van der Waals surface area contributed by atoms with Gasteiger partial charge in [0, 0.05) is 18.0 Å². The average Bonchev–Trinajstić information content (AvgIpc) is 2.53. The van der Waals surface area contributed by atoms with Gasteiger partial charge in [-0.25, -0.2) is 4.31 Å². The number of amides is 2. The van der Waals surface area contributed by atoms with Gasteiger partial charge in [-0.05, 0) is 6.07 Å². The molecule has 0 N–H and O–H groups in total. The Hall–Kier alpha value is -1.02. The number of nitro groups is 1. The maximum atomic E-state index is 12.0. The van der Waals surface area contributed by atoms with Crippen molar-refractivity contribution in [3.63, 3.8) is 0 Å². The third-order valence-corrected chi connectivity index (χ3v) is 3.59. The van der Waals surface area contributed by atoms with Gasteiger partial charge in [0.15, 0.2) is 0 Å². The van der Waals surface area contributed by atoms with E-state index in [1.165, 1.54) is 12.1 Å². The van der Waals surface area contributed by atoms with E-state index in [9.17, 15) is 19.7 Å². The first kappa shape index (κ1) is 14.4. The Morgan fingerprint density at radius 2 is 1.84 bits per heavy atom. The lowest BCUT2D eigenvalue weighted by molar-refractivity contribution is -0.385. The first-order valence-corrected chi connectivity index (χ1v) is 6.55. The monoisotopic (exact) mass is 340 g/mol. The second-order valence-electron chi connectivity index (χ2n) is 3.40. The number of hydrogen-bond acceptors (Lipinski definition) is 5. The molecule has 0 aliphatic carbocycles. The number of carbonyl (C=O) groups excluding carboxylic acids is 2. The van der Waals surface area contributed by atoms with Gasteiger partial charge in [-0.2, -0.15) is 0 Å². The Bertz CT molecular complexity index is 602. The van der Waals surface area contributed by atoms with Crippen molar-refractivity contribution in [2.24, 2.45) is 0 Å². The van der Waals surface area contributed by atoms with Gasteiger partial charge in [0.25, 0.3) is 20.6 Å². The van der Waals surface area contributed by atoms with Gasteiger partial charge < -0.3 is 0 Å². The fourth-order valence-corrected chi connectivity index (χ4v) is 2.77. The molecule has 10 heteroatoms. The summed E-state index contributed by atoms with van der Waals surface area (Å²) < 4.78 is -1.33. The van der Waals surface area contributed by atoms with Crippen molar-refractivity contribution in [1.82, 2.24) is 4.31 Å². The predicted octanol–water partition coefficient (Wildman–Crippen LogP) is 3.17. The Balaban J connectivity index is 2.50. The van der Waals surface area contributed by atoms with E-state index >= 15 is 0 Å². The van der Waals surface area contributed by atoms with Crippen molar-refractivity contribution in [3.05, 3.63) is 39.4 Å². The first-order valence-electron chi connectivity index (χ1n) is 4.64. The lowest BCUT2D eigenvalue weighted by Crippen LogP contribution is -2.25. The average molecular weight is 342 g/mol. The minimum atomic E-state index is -1.93. The van der Waals surface area contributed by atoms with Crippen molar-refractivity contribution in [1.29, 1.82) is 0 Å². The molecule has 0 atom stereocenters. The number of fused-ring (bicyclic) bond motifs is 1. The summed E-state index contributed by atoms with van der Waals surface area (Å²) in [7, 11) is 0. The summed E-state index contributed by atoms with van der Waals surface area (Å²) >= 11 is 16.9. The van der Waals surface area contributed by atoms with Crippen LogP contribution in [0.4, 0.5) is 5.69 Å². The number of benzene rings is 1. The summed E-state index contributed by atoms with van der Waals surface area (Å²) in [6, 6.07) is 3.75. The molecule has 0 spiro atoms. The van der Waals surface area contributed by atoms with Gasteiger partial charge in [0.1, 0.15) is 5.56 Å². The molecule has 2 amide bonds. The van der Waals surface area contributed by atoms with Gasteiger partial charge in [-0.1, -0.05) is 40.9 Å². The zero-order chi connectivity index (χ0) is 14.4. The molecule has 0 saturated carbocycles. The van der Waals surface area contributed by atoms with Gasteiger partial charge >= 0.3 is 0 Å². The Labute approximate surface area is 125 Å². The number of carbonyl (C=O) groups is 2. The first-order chi connectivity index (χ1) is 8.72. The van der Waals surface area contributed by atoms with Crippen LogP contribution in [0.5, 0.6) is 0 Å². The molecule has 0 radical (unpaired) electrons. The summed E-state index contributed by atoms with van der Waals surface area (Å²) in [5.41, 5.74) is -0.830. The number of nitrogens with zero attached hydrogens (tertiary/aromatic N) is 2. The molecule has 0 unspecified atom stereocenters. The lowest BCUT2D eigenvalue weighted by Gasteiger charge is -2.17. The van der Waals surface area contributed by atoms with Gasteiger partial charge in [-0.3, -0.25) is 19.7 Å². The SMILES string of the molecule is O=C1c2cccc([N+](=O)[O-])c2C(=O)N1SC(Cl)(Cl)Cl. The van der Waals surface area contributed by atoms with E-state index in [2.05, 4.69) is 0 Å². The number of halogens is 3. The smallest absolute Gasteiger partial charge is 0.268 e. The third-order valence-electron chi connectivity index (χ3n) is 2.25. The molecule has 0 fully saturated rings. The van der Waals surface area contributed by atoms with Crippen LogP contribution < -0.4 is 0 Å². The highest BCUT2D eigenvalue weighted by Crippen LogP contribution is 2.45. The van der Waals surface area contributed by atoms with Crippen LogP contribution in [0, 0.1) is 10.1 Å². The van der Waals surface area contributed by atoms with Crippen molar-refractivity contribution in [2.45, 2.75) is 3.12 Å². The summed E-state index contributed by atoms with van der Waals surface area (Å²) in [5, 5.41) is 10.8. The van der Waals surface area contributed by atoms with E-state index in [0.717, 1.165) is 6.07 Å². The molecule has 6 nitrogen and oxygen atoms in total. The molecular formula is C9H3Cl3N2O4S. The zero-order valence-electron chi connectivity index (χ0n) is 8.80. The summed E-state index contributed by atoms with van der Waals surface area (Å²) in [6.45, 7) is 0. The largest absolute Gasteiger partial charge is 0.283 e. The molecule has 100 valence electrons. The van der Waals surface area contributed by atoms with E-state index in [0.29, 0.717) is 16.3 Å². The van der Waals surface area contributed by atoms with Crippen LogP contribution in [0.15, 0.2) is 18.2 Å². The molecule has 19 heavy (non-hydrogen) atoms. The van der Waals surface area contributed by atoms with E-state index in [4.69, 9.17) is 34.8 Å². The molecule has 1 aliphatic heterocycles. The van der Waals surface area contributed by atoms with Crippen LogP contribution in [-0.2, 0) is 0 Å². The van der Waals surface area contributed by atoms with Crippen LogP contribution in [0.2, 0.25) is 0 Å². The molecule has 1 aromatic rings. The minimum Gasteiger partial charge on any atom is -0.268 e. The molecule has 0 bridgehead atoms. The van der Waals surface area contributed by atoms with Crippen molar-refractivity contribution in [2.75, 3.05) is 0 Å². The van der Waals surface area contributed by atoms with Crippen molar-refractivity contribution < 1.29 is 14.5 Å². The molecule has 0 saturated heterocycles. The third kappa shape index (κ3) is 2.64. The maximum Gasteiger partial charge on any atom is 0.283 e. The van der Waals surface area contributed by atoms with Crippen molar-refractivity contribution in [3.8, 4) is 0 Å². The van der Waals surface area contributed by atoms with Crippen LogP contribution in [0.1, 0.15) is 20.7 Å². The fourth-order valence-electron chi connectivity index (χ4n) is 1.58. The molecule has 1 aromatic carbocycles. The highest BCUT2D eigenvalue weighted by molar-refractivity contribution is 8.03. The predicted molar refractivity (Wildman–Crippen MR) is 71.5 cm³/mol. The van der Waals surface area contributed by atoms with E-state index in [-0.39, 0.29) is 11.1 Å². The summed E-state index contributed by atoms with van der Waals surface area (Å²) in [4.78, 5) is 34.1. The summed E-state index contributed by atoms with van der Waals surface area (Å²) in [6.07, 6.45) is 0. The standard InChI is InChI=1S/C9H3Cl3N2O4S/c10-9(11,12)19-13-7(15)4-2-1-3-5(14(17)18)6(4)8(13)16/h1-3H. The zero-order valence-corrected chi connectivity index (χ0v) is 11.9. The van der Waals surface area contributed by atoms with E-state index < -0.39 is 25.5 Å². The van der Waals surface area contributed by atoms with Crippen molar-refractivity contribution >= 4 is 64.3 Å².